The number of anilines is 2. The van der Waals surface area contributed by atoms with Gasteiger partial charge in [-0.05, 0) is 42.8 Å². The summed E-state index contributed by atoms with van der Waals surface area (Å²) in [6, 6.07) is 9.70. The fourth-order valence-corrected chi connectivity index (χ4v) is 2.28. The molecule has 3 aromatic rings. The van der Waals surface area contributed by atoms with Gasteiger partial charge in [-0.1, -0.05) is 6.07 Å². The highest BCUT2D eigenvalue weighted by atomic mass is 16.4. The minimum Gasteiger partial charge on any atom is -0.478 e. The van der Waals surface area contributed by atoms with Crippen LogP contribution in [0.5, 0.6) is 0 Å². The van der Waals surface area contributed by atoms with Gasteiger partial charge in [-0.2, -0.15) is 5.01 Å². The molecule has 0 unspecified atom stereocenters. The second kappa shape index (κ2) is 6.83. The fourth-order valence-electron chi connectivity index (χ4n) is 2.28. The van der Waals surface area contributed by atoms with E-state index in [1.54, 1.807) is 37.5 Å². The minimum absolute atomic E-state index is 0.0395. The van der Waals surface area contributed by atoms with E-state index in [1.165, 1.54) is 18.3 Å². The quantitative estimate of drug-likeness (QED) is 0.562. The van der Waals surface area contributed by atoms with Crippen molar-refractivity contribution in [1.29, 1.82) is 0 Å². The van der Waals surface area contributed by atoms with Crippen molar-refractivity contribution >= 4 is 17.6 Å². The maximum atomic E-state index is 11.4. The van der Waals surface area contributed by atoms with E-state index in [2.05, 4.69) is 20.2 Å². The molecule has 0 aliphatic heterocycles. The molecule has 25 heavy (non-hydrogen) atoms. The number of hydrogen-bond donors (Lipinski definition) is 1. The lowest BCUT2D eigenvalue weighted by Gasteiger charge is -2.16. The zero-order chi connectivity index (χ0) is 17.8. The van der Waals surface area contributed by atoms with Gasteiger partial charge < -0.3 is 5.11 Å². The molecule has 0 atom stereocenters. The standard InChI is InChI=1S/C17H13N5O3/c1-11-4-5-12(16(23)24)9-15(11)22(21-25)17-19-8-6-14(20-17)13-3-2-7-18-10-13/h2-10H,1H3,(H,23,24). The van der Waals surface area contributed by atoms with Crippen LogP contribution in [0, 0.1) is 11.8 Å². The van der Waals surface area contributed by atoms with Gasteiger partial charge in [0.25, 0.3) is 5.95 Å². The normalized spacial score (nSPS) is 10.3. The first-order valence-electron chi connectivity index (χ1n) is 7.31. The summed E-state index contributed by atoms with van der Waals surface area (Å²) in [7, 11) is 0. The Morgan fingerprint density at radius 1 is 1.20 bits per heavy atom. The van der Waals surface area contributed by atoms with Gasteiger partial charge >= 0.3 is 5.97 Å². The summed E-state index contributed by atoms with van der Waals surface area (Å²) >= 11 is 0. The SMILES string of the molecule is Cc1ccc(C(=O)O)cc1N(N=O)c1nccc(-c2cccnc2)n1. The number of nitrogens with zero attached hydrogens (tertiary/aromatic N) is 5. The van der Waals surface area contributed by atoms with Crippen molar-refractivity contribution in [2.75, 3.05) is 5.01 Å². The van der Waals surface area contributed by atoms with Crippen molar-refractivity contribution in [3.63, 3.8) is 0 Å². The van der Waals surface area contributed by atoms with Crippen LogP contribution in [-0.2, 0) is 0 Å². The van der Waals surface area contributed by atoms with Gasteiger partial charge in [-0.3, -0.25) is 4.98 Å². The maximum absolute atomic E-state index is 11.4. The van der Waals surface area contributed by atoms with Crippen molar-refractivity contribution < 1.29 is 9.90 Å². The van der Waals surface area contributed by atoms with Gasteiger partial charge in [-0.15, -0.1) is 4.91 Å². The number of carbonyl (C=O) groups is 1. The number of nitroso groups, excluding NO2 is 1. The number of aromatic carboxylic acids is 1. The Morgan fingerprint density at radius 2 is 2.04 bits per heavy atom. The summed E-state index contributed by atoms with van der Waals surface area (Å²) in [5.74, 6) is -1.06. The first kappa shape index (κ1) is 16.2. The molecule has 2 aromatic heterocycles. The second-order valence-electron chi connectivity index (χ2n) is 5.18. The molecule has 1 aromatic carbocycles. The fraction of sp³-hybridized carbons (Fsp3) is 0.0588. The largest absolute Gasteiger partial charge is 0.478 e. The molecule has 0 saturated carbocycles. The third kappa shape index (κ3) is 3.32. The van der Waals surface area contributed by atoms with E-state index < -0.39 is 5.97 Å². The van der Waals surface area contributed by atoms with Crippen LogP contribution in [0.15, 0.2) is 60.3 Å². The van der Waals surface area contributed by atoms with E-state index in [4.69, 9.17) is 5.11 Å². The van der Waals surface area contributed by atoms with E-state index in [0.717, 1.165) is 10.6 Å². The lowest BCUT2D eigenvalue weighted by molar-refractivity contribution is 0.0697. The molecule has 0 amide bonds. The van der Waals surface area contributed by atoms with Crippen LogP contribution in [0.4, 0.5) is 11.6 Å². The first-order chi connectivity index (χ1) is 12.1. The van der Waals surface area contributed by atoms with E-state index >= 15 is 0 Å². The summed E-state index contributed by atoms with van der Waals surface area (Å²) in [5.41, 5.74) is 2.34. The van der Waals surface area contributed by atoms with Gasteiger partial charge in [0.15, 0.2) is 0 Å². The summed E-state index contributed by atoms with van der Waals surface area (Å²) in [5, 5.41) is 13.1. The first-order valence-corrected chi connectivity index (χ1v) is 7.31. The molecule has 2 heterocycles. The number of hydrogen-bond acceptors (Lipinski definition) is 6. The van der Waals surface area contributed by atoms with Crippen LogP contribution in [0.3, 0.4) is 0 Å². The number of aromatic nitrogens is 3. The Balaban J connectivity index is 2.07. The Labute approximate surface area is 142 Å². The Morgan fingerprint density at radius 3 is 2.72 bits per heavy atom. The summed E-state index contributed by atoms with van der Waals surface area (Å²) in [6.07, 6.45) is 4.78. The Hall–Kier alpha value is -3.68. The molecular formula is C17H13N5O3. The average molecular weight is 335 g/mol. The van der Waals surface area contributed by atoms with Crippen LogP contribution in [0.25, 0.3) is 11.3 Å². The zero-order valence-corrected chi connectivity index (χ0v) is 13.2. The predicted octanol–water partition coefficient (Wildman–Crippen LogP) is 3.36. The summed E-state index contributed by atoms with van der Waals surface area (Å²) in [4.78, 5) is 35.1. The third-order valence-electron chi connectivity index (χ3n) is 3.56. The molecule has 0 saturated heterocycles. The van der Waals surface area contributed by atoms with Crippen molar-refractivity contribution in [2.45, 2.75) is 6.92 Å². The second-order valence-corrected chi connectivity index (χ2v) is 5.18. The minimum atomic E-state index is -1.10. The van der Waals surface area contributed by atoms with E-state index in [0.29, 0.717) is 16.9 Å². The molecular weight excluding hydrogens is 322 g/mol. The molecule has 0 aliphatic rings. The summed E-state index contributed by atoms with van der Waals surface area (Å²) < 4.78 is 0. The number of benzene rings is 1. The average Bonchev–Trinajstić information content (AvgIpc) is 2.64. The van der Waals surface area contributed by atoms with Crippen molar-refractivity contribution in [1.82, 2.24) is 15.0 Å². The summed E-state index contributed by atoms with van der Waals surface area (Å²) in [6.45, 7) is 1.74. The topological polar surface area (TPSA) is 109 Å². The molecule has 8 nitrogen and oxygen atoms in total. The zero-order valence-electron chi connectivity index (χ0n) is 13.2. The van der Waals surface area contributed by atoms with Crippen LogP contribution >= 0.6 is 0 Å². The lowest BCUT2D eigenvalue weighted by atomic mass is 10.1. The van der Waals surface area contributed by atoms with Gasteiger partial charge in [0.1, 0.15) is 0 Å². The van der Waals surface area contributed by atoms with Crippen LogP contribution in [-0.4, -0.2) is 26.0 Å². The number of rotatable bonds is 5. The van der Waals surface area contributed by atoms with Crippen LogP contribution in [0.1, 0.15) is 15.9 Å². The van der Waals surface area contributed by atoms with Crippen molar-refractivity contribution in [2.24, 2.45) is 5.29 Å². The molecule has 0 radical (unpaired) electrons. The predicted molar refractivity (Wildman–Crippen MR) is 91.3 cm³/mol. The molecule has 0 bridgehead atoms. The van der Waals surface area contributed by atoms with E-state index in [9.17, 15) is 9.70 Å². The molecule has 3 rings (SSSR count). The van der Waals surface area contributed by atoms with Crippen molar-refractivity contribution in [3.05, 3.63) is 71.0 Å². The number of aryl methyl sites for hydroxylation is 1. The Bertz CT molecular complexity index is 931. The van der Waals surface area contributed by atoms with E-state index in [-0.39, 0.29) is 11.5 Å². The number of pyridine rings is 1. The monoisotopic (exact) mass is 335 g/mol. The van der Waals surface area contributed by atoms with Crippen LogP contribution in [0.2, 0.25) is 0 Å². The lowest BCUT2D eigenvalue weighted by Crippen LogP contribution is -2.14. The van der Waals surface area contributed by atoms with Crippen LogP contribution < -0.4 is 5.01 Å². The highest BCUT2D eigenvalue weighted by molar-refractivity contribution is 5.89. The third-order valence-corrected chi connectivity index (χ3v) is 3.56. The number of carboxylic acid groups (broad SMARTS) is 1. The van der Waals surface area contributed by atoms with Gasteiger partial charge in [0.2, 0.25) is 0 Å². The molecule has 0 spiro atoms. The molecule has 8 heteroatoms. The molecule has 1 N–H and O–H groups in total. The highest BCUT2D eigenvalue weighted by Crippen LogP contribution is 2.28. The van der Waals surface area contributed by atoms with Gasteiger partial charge in [-0.25, -0.2) is 14.8 Å². The molecule has 0 fully saturated rings. The van der Waals surface area contributed by atoms with Gasteiger partial charge in [0.05, 0.1) is 22.2 Å². The highest BCUT2D eigenvalue weighted by Gasteiger charge is 2.18. The van der Waals surface area contributed by atoms with E-state index in [1.807, 2.05) is 6.07 Å². The molecule has 0 aliphatic carbocycles. The Kier molecular flexibility index (Phi) is 4.42. The van der Waals surface area contributed by atoms with Gasteiger partial charge in [0, 0.05) is 24.2 Å². The molecule has 124 valence electrons. The number of carboxylic acids is 1. The maximum Gasteiger partial charge on any atom is 0.335 e. The smallest absolute Gasteiger partial charge is 0.335 e. The van der Waals surface area contributed by atoms with Crippen molar-refractivity contribution in [3.8, 4) is 11.3 Å².